The summed E-state index contributed by atoms with van der Waals surface area (Å²) in [5, 5.41) is 8.86. The van der Waals surface area contributed by atoms with E-state index < -0.39 is 0 Å². The second-order valence-electron chi connectivity index (χ2n) is 4.03. The lowest BCUT2D eigenvalue weighted by Crippen LogP contribution is -2.33. The molecular formula is C11H25NO3. The fourth-order valence-electron chi connectivity index (χ4n) is 1.21. The SMILES string of the molecule is COCCN(CCO)CCOCC(C)C. The molecule has 0 aromatic rings. The highest BCUT2D eigenvalue weighted by Gasteiger charge is 2.03. The topological polar surface area (TPSA) is 41.9 Å². The third-order valence-corrected chi connectivity index (χ3v) is 2.03. The number of nitrogens with zero attached hydrogens (tertiary/aromatic N) is 1. The number of ether oxygens (including phenoxy) is 2. The highest BCUT2D eigenvalue weighted by molar-refractivity contribution is 4.56. The fraction of sp³-hybridized carbons (Fsp3) is 1.00. The van der Waals surface area contributed by atoms with Crippen molar-refractivity contribution in [2.45, 2.75) is 13.8 Å². The van der Waals surface area contributed by atoms with Crippen molar-refractivity contribution in [1.82, 2.24) is 4.90 Å². The molecule has 15 heavy (non-hydrogen) atoms. The van der Waals surface area contributed by atoms with Gasteiger partial charge in [-0.1, -0.05) is 13.8 Å². The minimum Gasteiger partial charge on any atom is -0.395 e. The van der Waals surface area contributed by atoms with Crippen molar-refractivity contribution < 1.29 is 14.6 Å². The first kappa shape index (κ1) is 14.8. The van der Waals surface area contributed by atoms with Gasteiger partial charge in [0.15, 0.2) is 0 Å². The molecule has 1 N–H and O–H groups in total. The van der Waals surface area contributed by atoms with Gasteiger partial charge in [-0.25, -0.2) is 0 Å². The van der Waals surface area contributed by atoms with Crippen LogP contribution in [0.4, 0.5) is 0 Å². The molecule has 0 aliphatic carbocycles. The maximum Gasteiger partial charge on any atom is 0.0593 e. The van der Waals surface area contributed by atoms with Crippen LogP contribution in [0.3, 0.4) is 0 Å². The van der Waals surface area contributed by atoms with Crippen molar-refractivity contribution in [1.29, 1.82) is 0 Å². The Balaban J connectivity index is 3.47. The van der Waals surface area contributed by atoms with Gasteiger partial charge in [0.05, 0.1) is 19.8 Å². The zero-order valence-electron chi connectivity index (χ0n) is 10.2. The molecule has 4 heteroatoms. The van der Waals surface area contributed by atoms with Crippen molar-refractivity contribution in [3.8, 4) is 0 Å². The number of aliphatic hydroxyl groups is 1. The summed E-state index contributed by atoms with van der Waals surface area (Å²) in [6.07, 6.45) is 0. The number of hydrogen-bond donors (Lipinski definition) is 1. The van der Waals surface area contributed by atoms with E-state index in [0.29, 0.717) is 19.1 Å². The van der Waals surface area contributed by atoms with Gasteiger partial charge in [0.2, 0.25) is 0 Å². The van der Waals surface area contributed by atoms with Crippen LogP contribution in [0, 0.1) is 5.92 Å². The van der Waals surface area contributed by atoms with Crippen LogP contribution in [-0.2, 0) is 9.47 Å². The molecule has 0 radical (unpaired) electrons. The van der Waals surface area contributed by atoms with Crippen LogP contribution >= 0.6 is 0 Å². The van der Waals surface area contributed by atoms with E-state index in [1.807, 2.05) is 0 Å². The van der Waals surface area contributed by atoms with E-state index in [4.69, 9.17) is 14.6 Å². The van der Waals surface area contributed by atoms with Gasteiger partial charge in [-0.3, -0.25) is 4.90 Å². The van der Waals surface area contributed by atoms with E-state index in [0.717, 1.165) is 26.3 Å². The molecule has 0 amide bonds. The van der Waals surface area contributed by atoms with Gasteiger partial charge < -0.3 is 14.6 Å². The predicted molar refractivity (Wildman–Crippen MR) is 61.1 cm³/mol. The molecule has 0 aliphatic heterocycles. The summed E-state index contributed by atoms with van der Waals surface area (Å²) in [6.45, 7) is 9.08. The van der Waals surface area contributed by atoms with Gasteiger partial charge in [-0.05, 0) is 5.92 Å². The Kier molecular flexibility index (Phi) is 10.3. The lowest BCUT2D eigenvalue weighted by Gasteiger charge is -2.20. The van der Waals surface area contributed by atoms with Gasteiger partial charge in [0.1, 0.15) is 0 Å². The molecule has 0 spiro atoms. The average molecular weight is 219 g/mol. The Labute approximate surface area is 93.2 Å². The smallest absolute Gasteiger partial charge is 0.0593 e. The van der Waals surface area contributed by atoms with Crippen molar-refractivity contribution >= 4 is 0 Å². The Hall–Kier alpha value is -0.160. The molecule has 0 aromatic heterocycles. The minimum absolute atomic E-state index is 0.188. The van der Waals surface area contributed by atoms with Gasteiger partial charge in [0.25, 0.3) is 0 Å². The Bertz CT molecular complexity index is 131. The molecular weight excluding hydrogens is 194 g/mol. The molecule has 92 valence electrons. The zero-order chi connectivity index (χ0) is 11.5. The van der Waals surface area contributed by atoms with Crippen LogP contribution in [-0.4, -0.2) is 63.2 Å². The van der Waals surface area contributed by atoms with Crippen LogP contribution in [0.15, 0.2) is 0 Å². The summed E-state index contributed by atoms with van der Waals surface area (Å²) < 4.78 is 10.5. The Morgan fingerprint density at radius 3 is 2.33 bits per heavy atom. The lowest BCUT2D eigenvalue weighted by atomic mass is 10.2. The fourth-order valence-corrected chi connectivity index (χ4v) is 1.21. The second-order valence-corrected chi connectivity index (χ2v) is 4.03. The number of hydrogen-bond acceptors (Lipinski definition) is 4. The van der Waals surface area contributed by atoms with Crippen molar-refractivity contribution in [3.63, 3.8) is 0 Å². The maximum absolute atomic E-state index is 8.86. The molecule has 0 atom stereocenters. The van der Waals surface area contributed by atoms with E-state index >= 15 is 0 Å². The summed E-state index contributed by atoms with van der Waals surface area (Å²) in [7, 11) is 1.69. The monoisotopic (exact) mass is 219 g/mol. The van der Waals surface area contributed by atoms with Crippen molar-refractivity contribution in [3.05, 3.63) is 0 Å². The predicted octanol–water partition coefficient (Wildman–Crippen LogP) is 0.600. The van der Waals surface area contributed by atoms with E-state index in [1.165, 1.54) is 0 Å². The van der Waals surface area contributed by atoms with Crippen LogP contribution in [0.1, 0.15) is 13.8 Å². The van der Waals surface area contributed by atoms with Gasteiger partial charge in [-0.15, -0.1) is 0 Å². The molecule has 0 rings (SSSR count). The van der Waals surface area contributed by atoms with Crippen molar-refractivity contribution in [2.75, 3.05) is 53.2 Å². The van der Waals surface area contributed by atoms with E-state index in [9.17, 15) is 0 Å². The van der Waals surface area contributed by atoms with Crippen molar-refractivity contribution in [2.24, 2.45) is 5.92 Å². The van der Waals surface area contributed by atoms with E-state index in [2.05, 4.69) is 18.7 Å². The second kappa shape index (κ2) is 10.4. The summed E-state index contributed by atoms with van der Waals surface area (Å²) in [4.78, 5) is 2.14. The molecule has 4 nitrogen and oxygen atoms in total. The minimum atomic E-state index is 0.188. The van der Waals surface area contributed by atoms with Gasteiger partial charge in [0, 0.05) is 33.4 Å². The van der Waals surface area contributed by atoms with Gasteiger partial charge >= 0.3 is 0 Å². The molecule has 0 heterocycles. The Morgan fingerprint density at radius 1 is 1.13 bits per heavy atom. The summed E-state index contributed by atoms with van der Waals surface area (Å²) in [5.74, 6) is 0.579. The quantitative estimate of drug-likeness (QED) is 0.546. The van der Waals surface area contributed by atoms with Crippen LogP contribution in [0.25, 0.3) is 0 Å². The molecule has 0 aliphatic rings. The standard InChI is InChI=1S/C11H25NO3/c1-11(2)10-15-9-6-12(4-7-13)5-8-14-3/h11,13H,4-10H2,1-3H3. The van der Waals surface area contributed by atoms with Crippen LogP contribution in [0.5, 0.6) is 0 Å². The number of aliphatic hydroxyl groups excluding tert-OH is 1. The third kappa shape index (κ3) is 10.1. The highest BCUT2D eigenvalue weighted by Crippen LogP contribution is 1.94. The molecule has 0 saturated carbocycles. The molecule has 0 unspecified atom stereocenters. The molecule has 0 bridgehead atoms. The lowest BCUT2D eigenvalue weighted by molar-refractivity contribution is 0.0682. The maximum atomic E-state index is 8.86. The number of methoxy groups -OCH3 is 1. The first-order chi connectivity index (χ1) is 7.20. The van der Waals surface area contributed by atoms with Crippen LogP contribution < -0.4 is 0 Å². The summed E-state index contributed by atoms with van der Waals surface area (Å²) in [6, 6.07) is 0. The Morgan fingerprint density at radius 2 is 1.80 bits per heavy atom. The molecule has 0 saturated heterocycles. The highest BCUT2D eigenvalue weighted by atomic mass is 16.5. The average Bonchev–Trinajstić information content (AvgIpc) is 2.20. The number of rotatable bonds is 10. The van der Waals surface area contributed by atoms with E-state index in [-0.39, 0.29) is 6.61 Å². The molecule has 0 aromatic carbocycles. The van der Waals surface area contributed by atoms with Gasteiger partial charge in [-0.2, -0.15) is 0 Å². The first-order valence-electron chi connectivity index (χ1n) is 5.60. The van der Waals surface area contributed by atoms with E-state index in [1.54, 1.807) is 7.11 Å². The summed E-state index contributed by atoms with van der Waals surface area (Å²) in [5.41, 5.74) is 0. The molecule has 0 fully saturated rings. The van der Waals surface area contributed by atoms with Crippen LogP contribution in [0.2, 0.25) is 0 Å². The third-order valence-electron chi connectivity index (χ3n) is 2.03. The zero-order valence-corrected chi connectivity index (χ0v) is 10.2. The largest absolute Gasteiger partial charge is 0.395 e. The summed E-state index contributed by atoms with van der Waals surface area (Å²) >= 11 is 0. The normalized spacial score (nSPS) is 11.6. The first-order valence-corrected chi connectivity index (χ1v) is 5.60.